The molecule has 0 radical (unpaired) electrons. The lowest BCUT2D eigenvalue weighted by atomic mass is 9.92. The van der Waals surface area contributed by atoms with E-state index < -0.39 is 11.9 Å². The van der Waals surface area contributed by atoms with Gasteiger partial charge in [-0.2, -0.15) is 0 Å². The lowest BCUT2D eigenvalue weighted by Crippen LogP contribution is -2.12. The molecule has 0 bridgehead atoms. The highest BCUT2D eigenvalue weighted by Gasteiger charge is 2.12. The zero-order valence-corrected chi connectivity index (χ0v) is 14.9. The monoisotopic (exact) mass is 359 g/mol. The van der Waals surface area contributed by atoms with E-state index in [9.17, 15) is 9.59 Å². The van der Waals surface area contributed by atoms with E-state index >= 15 is 0 Å². The van der Waals surface area contributed by atoms with E-state index in [0.717, 1.165) is 28.7 Å². The van der Waals surface area contributed by atoms with Crippen LogP contribution >= 0.6 is 0 Å². The van der Waals surface area contributed by atoms with Crippen LogP contribution in [0.25, 0.3) is 11.1 Å². The summed E-state index contributed by atoms with van der Waals surface area (Å²) < 4.78 is 0. The van der Waals surface area contributed by atoms with Crippen LogP contribution in [0.1, 0.15) is 33.5 Å². The zero-order valence-electron chi connectivity index (χ0n) is 14.9. The van der Waals surface area contributed by atoms with Gasteiger partial charge in [-0.1, -0.05) is 66.7 Å². The molecule has 0 aliphatic carbocycles. The van der Waals surface area contributed by atoms with Gasteiger partial charge < -0.3 is 10.8 Å². The summed E-state index contributed by atoms with van der Waals surface area (Å²) in [7, 11) is 0. The standard InChI is InChI=1S/C23H21NO3/c24-23(27)21-9-5-4-8-20(21)19-14-17(10-11-22(25)26)13-18(15-19)12-16-6-2-1-3-7-16/h1-9,13-15H,10-12H2,(H2,24,27)(H,25,26). The van der Waals surface area contributed by atoms with E-state index in [2.05, 4.69) is 12.1 Å². The maximum atomic E-state index is 11.8. The number of carbonyl (C=O) groups excluding carboxylic acids is 1. The molecule has 27 heavy (non-hydrogen) atoms. The van der Waals surface area contributed by atoms with Gasteiger partial charge in [0.2, 0.25) is 5.91 Å². The number of carboxylic acid groups (broad SMARTS) is 1. The third-order valence-corrected chi connectivity index (χ3v) is 4.43. The normalized spacial score (nSPS) is 10.5. The highest BCUT2D eigenvalue weighted by molar-refractivity contribution is 5.99. The van der Waals surface area contributed by atoms with Gasteiger partial charge in [0.05, 0.1) is 0 Å². The summed E-state index contributed by atoms with van der Waals surface area (Å²) >= 11 is 0. The van der Waals surface area contributed by atoms with Crippen molar-refractivity contribution >= 4 is 11.9 Å². The van der Waals surface area contributed by atoms with Gasteiger partial charge >= 0.3 is 5.97 Å². The number of carboxylic acids is 1. The number of primary amides is 1. The van der Waals surface area contributed by atoms with Gasteiger partial charge in [-0.15, -0.1) is 0 Å². The summed E-state index contributed by atoms with van der Waals surface area (Å²) in [6.45, 7) is 0. The molecule has 3 rings (SSSR count). The first-order valence-electron chi connectivity index (χ1n) is 8.80. The largest absolute Gasteiger partial charge is 0.481 e. The molecule has 0 spiro atoms. The Balaban J connectivity index is 2.04. The molecule has 0 aliphatic rings. The Bertz CT molecular complexity index is 964. The van der Waals surface area contributed by atoms with Crippen molar-refractivity contribution in [2.75, 3.05) is 0 Å². The number of nitrogens with two attached hydrogens (primary N) is 1. The number of aryl methyl sites for hydroxylation is 1. The van der Waals surface area contributed by atoms with Crippen LogP contribution in [-0.2, 0) is 17.6 Å². The summed E-state index contributed by atoms with van der Waals surface area (Å²) in [5, 5.41) is 9.02. The average molecular weight is 359 g/mol. The maximum absolute atomic E-state index is 11.8. The Morgan fingerprint density at radius 2 is 1.48 bits per heavy atom. The molecule has 136 valence electrons. The van der Waals surface area contributed by atoms with Crippen LogP contribution in [0.5, 0.6) is 0 Å². The van der Waals surface area contributed by atoms with Crippen LogP contribution in [0.2, 0.25) is 0 Å². The molecule has 0 saturated heterocycles. The van der Waals surface area contributed by atoms with E-state index in [1.807, 2.05) is 48.5 Å². The van der Waals surface area contributed by atoms with Crippen molar-refractivity contribution in [2.45, 2.75) is 19.3 Å². The Morgan fingerprint density at radius 1 is 0.815 bits per heavy atom. The van der Waals surface area contributed by atoms with Gasteiger partial charge in [0.25, 0.3) is 0 Å². The highest BCUT2D eigenvalue weighted by atomic mass is 16.4. The van der Waals surface area contributed by atoms with Crippen LogP contribution < -0.4 is 5.73 Å². The van der Waals surface area contributed by atoms with Gasteiger partial charge in [-0.25, -0.2) is 0 Å². The van der Waals surface area contributed by atoms with Crippen molar-refractivity contribution in [1.82, 2.24) is 0 Å². The second-order valence-corrected chi connectivity index (χ2v) is 6.50. The van der Waals surface area contributed by atoms with E-state index in [4.69, 9.17) is 10.8 Å². The number of hydrogen-bond acceptors (Lipinski definition) is 2. The number of aliphatic carboxylic acids is 1. The second kappa shape index (κ2) is 8.32. The SMILES string of the molecule is NC(=O)c1ccccc1-c1cc(CCC(=O)O)cc(Cc2ccccc2)c1. The summed E-state index contributed by atoms with van der Waals surface area (Å²) in [4.78, 5) is 22.8. The van der Waals surface area contributed by atoms with Crippen molar-refractivity contribution < 1.29 is 14.7 Å². The van der Waals surface area contributed by atoms with E-state index in [1.165, 1.54) is 5.56 Å². The van der Waals surface area contributed by atoms with Gasteiger partial charge in [0.15, 0.2) is 0 Å². The predicted octanol–water partition coefficient (Wildman–Crippen LogP) is 4.06. The fraction of sp³-hybridized carbons (Fsp3) is 0.130. The Labute approximate surface area is 158 Å². The summed E-state index contributed by atoms with van der Waals surface area (Å²) in [6.07, 6.45) is 1.23. The van der Waals surface area contributed by atoms with Crippen LogP contribution in [0, 0.1) is 0 Å². The fourth-order valence-electron chi connectivity index (χ4n) is 3.20. The van der Waals surface area contributed by atoms with Crippen molar-refractivity contribution in [3.8, 4) is 11.1 Å². The molecule has 4 heteroatoms. The Kier molecular flexibility index (Phi) is 5.67. The average Bonchev–Trinajstić information content (AvgIpc) is 2.67. The van der Waals surface area contributed by atoms with Crippen LogP contribution in [0.15, 0.2) is 72.8 Å². The fourth-order valence-corrected chi connectivity index (χ4v) is 3.20. The third kappa shape index (κ3) is 4.82. The topological polar surface area (TPSA) is 80.4 Å². The van der Waals surface area contributed by atoms with Crippen LogP contribution in [0.4, 0.5) is 0 Å². The zero-order chi connectivity index (χ0) is 19.2. The molecule has 3 aromatic carbocycles. The molecular formula is C23H21NO3. The number of benzene rings is 3. The summed E-state index contributed by atoms with van der Waals surface area (Å²) in [6, 6.07) is 23.3. The minimum atomic E-state index is -0.831. The minimum absolute atomic E-state index is 0.0612. The number of amides is 1. The van der Waals surface area contributed by atoms with E-state index in [1.54, 1.807) is 12.1 Å². The number of rotatable bonds is 7. The lowest BCUT2D eigenvalue weighted by molar-refractivity contribution is -0.136. The van der Waals surface area contributed by atoms with Gasteiger partial charge in [0, 0.05) is 12.0 Å². The lowest BCUT2D eigenvalue weighted by Gasteiger charge is -2.12. The van der Waals surface area contributed by atoms with Gasteiger partial charge in [-0.3, -0.25) is 9.59 Å². The molecular weight excluding hydrogens is 338 g/mol. The first kappa shape index (κ1) is 18.4. The van der Waals surface area contributed by atoms with Crippen molar-refractivity contribution in [1.29, 1.82) is 0 Å². The van der Waals surface area contributed by atoms with E-state index in [0.29, 0.717) is 12.0 Å². The number of carbonyl (C=O) groups is 2. The second-order valence-electron chi connectivity index (χ2n) is 6.50. The quantitative estimate of drug-likeness (QED) is 0.667. The minimum Gasteiger partial charge on any atom is -0.481 e. The first-order valence-corrected chi connectivity index (χ1v) is 8.80. The first-order chi connectivity index (χ1) is 13.0. The third-order valence-electron chi connectivity index (χ3n) is 4.43. The summed E-state index contributed by atoms with van der Waals surface area (Å²) in [5.41, 5.74) is 10.8. The van der Waals surface area contributed by atoms with Crippen LogP contribution in [-0.4, -0.2) is 17.0 Å². The number of hydrogen-bond donors (Lipinski definition) is 2. The van der Waals surface area contributed by atoms with Gasteiger partial charge in [-0.05, 0) is 46.7 Å². The Morgan fingerprint density at radius 3 is 2.19 bits per heavy atom. The molecule has 3 N–H and O–H groups in total. The molecule has 3 aromatic rings. The molecule has 0 saturated carbocycles. The molecule has 0 aromatic heterocycles. The summed E-state index contributed by atoms with van der Waals surface area (Å²) in [5.74, 6) is -1.31. The molecule has 0 aliphatic heterocycles. The van der Waals surface area contributed by atoms with Crippen molar-refractivity contribution in [3.63, 3.8) is 0 Å². The highest BCUT2D eigenvalue weighted by Crippen LogP contribution is 2.27. The van der Waals surface area contributed by atoms with Crippen molar-refractivity contribution in [2.24, 2.45) is 5.73 Å². The van der Waals surface area contributed by atoms with Crippen molar-refractivity contribution in [3.05, 3.63) is 95.1 Å². The molecule has 0 heterocycles. The molecule has 4 nitrogen and oxygen atoms in total. The van der Waals surface area contributed by atoms with Gasteiger partial charge in [0.1, 0.15) is 0 Å². The smallest absolute Gasteiger partial charge is 0.303 e. The molecule has 0 fully saturated rings. The molecule has 0 unspecified atom stereocenters. The molecule has 1 amide bonds. The maximum Gasteiger partial charge on any atom is 0.303 e. The predicted molar refractivity (Wildman–Crippen MR) is 106 cm³/mol. The Hall–Kier alpha value is -3.40. The molecule has 0 atom stereocenters. The van der Waals surface area contributed by atoms with Crippen LogP contribution in [0.3, 0.4) is 0 Å². The van der Waals surface area contributed by atoms with E-state index in [-0.39, 0.29) is 6.42 Å².